The van der Waals surface area contributed by atoms with Crippen molar-refractivity contribution < 1.29 is 9.47 Å². The summed E-state index contributed by atoms with van der Waals surface area (Å²) < 4.78 is 11.4. The van der Waals surface area contributed by atoms with Crippen molar-refractivity contribution in [2.24, 2.45) is 5.73 Å². The average Bonchev–Trinajstić information content (AvgIpc) is 2.52. The number of nitrogens with two attached hydrogens (primary N) is 1. The fraction of sp³-hybridized carbons (Fsp3) is 0.818. The molecule has 1 aliphatic heterocycles. The van der Waals surface area contributed by atoms with Gasteiger partial charge in [0.05, 0.1) is 13.2 Å². The van der Waals surface area contributed by atoms with Crippen LogP contribution in [0.2, 0.25) is 0 Å². The molecule has 3 nitrogen and oxygen atoms in total. The second kappa shape index (κ2) is 3.65. The number of hydrogen-bond donors (Lipinski definition) is 1. The fourth-order valence-corrected chi connectivity index (χ4v) is 2.63. The summed E-state index contributed by atoms with van der Waals surface area (Å²) in [5.41, 5.74) is 6.13. The molecule has 1 spiro atoms. The maximum absolute atomic E-state index is 6.29. The van der Waals surface area contributed by atoms with E-state index < -0.39 is 0 Å². The Hall–Kier alpha value is -0.380. The van der Waals surface area contributed by atoms with Crippen LogP contribution >= 0.6 is 0 Å². The van der Waals surface area contributed by atoms with E-state index in [1.165, 1.54) is 0 Å². The van der Waals surface area contributed by atoms with Crippen LogP contribution < -0.4 is 5.73 Å². The molecule has 1 saturated carbocycles. The Balaban J connectivity index is 2.05. The Kier molecular flexibility index (Phi) is 2.64. The lowest BCUT2D eigenvalue weighted by Gasteiger charge is -2.42. The van der Waals surface area contributed by atoms with Crippen LogP contribution in [-0.4, -0.2) is 24.5 Å². The van der Waals surface area contributed by atoms with E-state index in [4.69, 9.17) is 15.2 Å². The Labute approximate surface area is 85.3 Å². The lowest BCUT2D eigenvalue weighted by molar-refractivity contribution is -0.189. The summed E-state index contributed by atoms with van der Waals surface area (Å²) in [5, 5.41) is 0. The summed E-state index contributed by atoms with van der Waals surface area (Å²) in [5.74, 6) is -0.365. The van der Waals surface area contributed by atoms with E-state index in [-0.39, 0.29) is 11.3 Å². The minimum Gasteiger partial charge on any atom is -0.347 e. The van der Waals surface area contributed by atoms with Crippen molar-refractivity contribution in [1.29, 1.82) is 0 Å². The van der Waals surface area contributed by atoms with Gasteiger partial charge < -0.3 is 15.2 Å². The summed E-state index contributed by atoms with van der Waals surface area (Å²) in [7, 11) is 0. The molecule has 3 heteroatoms. The molecule has 0 bridgehead atoms. The first-order valence-electron chi connectivity index (χ1n) is 5.36. The lowest BCUT2D eigenvalue weighted by Crippen LogP contribution is -2.51. The van der Waals surface area contributed by atoms with Crippen LogP contribution in [0.5, 0.6) is 0 Å². The molecule has 1 heterocycles. The molecule has 0 radical (unpaired) electrons. The molecule has 1 unspecified atom stereocenters. The molecule has 2 N–H and O–H groups in total. The second-order valence-corrected chi connectivity index (χ2v) is 4.49. The lowest BCUT2D eigenvalue weighted by atomic mass is 9.77. The molecule has 0 aromatic heterocycles. The van der Waals surface area contributed by atoms with E-state index in [1.54, 1.807) is 0 Å². The van der Waals surface area contributed by atoms with Gasteiger partial charge in [-0.25, -0.2) is 0 Å². The Morgan fingerprint density at radius 1 is 1.29 bits per heavy atom. The normalized spacial score (nSPS) is 36.1. The molecule has 1 atom stereocenters. The predicted octanol–water partition coefficient (Wildman–Crippen LogP) is 1.58. The first kappa shape index (κ1) is 10.1. The second-order valence-electron chi connectivity index (χ2n) is 4.49. The van der Waals surface area contributed by atoms with Crippen molar-refractivity contribution in [3.05, 3.63) is 12.7 Å². The Morgan fingerprint density at radius 2 is 2.00 bits per heavy atom. The molecule has 14 heavy (non-hydrogen) atoms. The molecule has 1 aliphatic carbocycles. The first-order valence-corrected chi connectivity index (χ1v) is 5.36. The van der Waals surface area contributed by atoms with Crippen LogP contribution in [0.4, 0.5) is 0 Å². The van der Waals surface area contributed by atoms with Crippen molar-refractivity contribution in [2.45, 2.75) is 43.4 Å². The maximum Gasteiger partial charge on any atom is 0.170 e. The van der Waals surface area contributed by atoms with E-state index in [0.717, 1.165) is 32.1 Å². The van der Waals surface area contributed by atoms with Crippen LogP contribution in [0.1, 0.15) is 32.1 Å². The Bertz CT molecular complexity index is 223. The quantitative estimate of drug-likeness (QED) is 0.683. The summed E-state index contributed by atoms with van der Waals surface area (Å²) >= 11 is 0. The molecular weight excluding hydrogens is 178 g/mol. The summed E-state index contributed by atoms with van der Waals surface area (Å²) in [6.45, 7) is 5.18. The van der Waals surface area contributed by atoms with Crippen LogP contribution in [0, 0.1) is 0 Å². The topological polar surface area (TPSA) is 44.5 Å². The van der Waals surface area contributed by atoms with Gasteiger partial charge in [-0.2, -0.15) is 0 Å². The third-order valence-corrected chi connectivity index (χ3v) is 3.22. The van der Waals surface area contributed by atoms with Crippen LogP contribution in [0.25, 0.3) is 0 Å². The molecule has 0 aromatic rings. The van der Waals surface area contributed by atoms with Crippen LogP contribution in [0.3, 0.4) is 0 Å². The third kappa shape index (κ3) is 1.85. The van der Waals surface area contributed by atoms with Gasteiger partial charge in [0.15, 0.2) is 5.79 Å². The van der Waals surface area contributed by atoms with Gasteiger partial charge in [0.1, 0.15) is 0 Å². The molecule has 2 rings (SSSR count). The maximum atomic E-state index is 6.29. The standard InChI is InChI=1S/C11H19NO2/c1-2-4-10(12)5-3-6-11(9-10)13-7-8-14-11/h2H,1,3-9,12H2. The highest BCUT2D eigenvalue weighted by atomic mass is 16.7. The zero-order valence-electron chi connectivity index (χ0n) is 8.63. The van der Waals surface area contributed by atoms with Crippen LogP contribution in [-0.2, 0) is 9.47 Å². The van der Waals surface area contributed by atoms with Crippen LogP contribution in [0.15, 0.2) is 12.7 Å². The zero-order valence-corrected chi connectivity index (χ0v) is 8.63. The highest BCUT2D eigenvalue weighted by molar-refractivity contribution is 4.99. The van der Waals surface area contributed by atoms with E-state index in [1.807, 2.05) is 6.08 Å². The SMILES string of the molecule is C=CCC1(N)CCCC2(C1)OCCO2. The van der Waals surface area contributed by atoms with Crippen molar-refractivity contribution in [3.63, 3.8) is 0 Å². The third-order valence-electron chi connectivity index (χ3n) is 3.22. The number of ether oxygens (including phenoxy) is 2. The van der Waals surface area contributed by atoms with E-state index >= 15 is 0 Å². The van der Waals surface area contributed by atoms with Gasteiger partial charge in [0.25, 0.3) is 0 Å². The van der Waals surface area contributed by atoms with Gasteiger partial charge in [0.2, 0.25) is 0 Å². The van der Waals surface area contributed by atoms with Crippen molar-refractivity contribution in [2.75, 3.05) is 13.2 Å². The zero-order chi connectivity index (χ0) is 10.1. The predicted molar refractivity (Wildman–Crippen MR) is 54.8 cm³/mol. The summed E-state index contributed by atoms with van der Waals surface area (Å²) in [6.07, 6.45) is 6.68. The summed E-state index contributed by atoms with van der Waals surface area (Å²) in [6, 6.07) is 0. The molecule has 0 amide bonds. The first-order chi connectivity index (χ1) is 6.68. The number of hydrogen-bond acceptors (Lipinski definition) is 3. The van der Waals surface area contributed by atoms with Crippen molar-refractivity contribution in [3.8, 4) is 0 Å². The van der Waals surface area contributed by atoms with Gasteiger partial charge >= 0.3 is 0 Å². The monoisotopic (exact) mass is 197 g/mol. The molecule has 0 aromatic carbocycles. The van der Waals surface area contributed by atoms with Crippen molar-refractivity contribution in [1.82, 2.24) is 0 Å². The van der Waals surface area contributed by atoms with Gasteiger partial charge in [-0.3, -0.25) is 0 Å². The molecule has 1 saturated heterocycles. The molecular formula is C11H19NO2. The molecule has 2 fully saturated rings. The minimum atomic E-state index is -0.365. The largest absolute Gasteiger partial charge is 0.347 e. The smallest absolute Gasteiger partial charge is 0.170 e. The van der Waals surface area contributed by atoms with Gasteiger partial charge in [-0.1, -0.05) is 6.08 Å². The van der Waals surface area contributed by atoms with Crippen molar-refractivity contribution >= 4 is 0 Å². The number of rotatable bonds is 2. The van der Waals surface area contributed by atoms with E-state index in [2.05, 4.69) is 6.58 Å². The minimum absolute atomic E-state index is 0.162. The van der Waals surface area contributed by atoms with E-state index in [0.29, 0.717) is 13.2 Å². The van der Waals surface area contributed by atoms with Gasteiger partial charge in [-0.05, 0) is 19.3 Å². The molecule has 80 valence electrons. The van der Waals surface area contributed by atoms with Gasteiger partial charge in [0, 0.05) is 18.4 Å². The van der Waals surface area contributed by atoms with E-state index in [9.17, 15) is 0 Å². The highest BCUT2D eigenvalue weighted by Gasteiger charge is 2.46. The fourth-order valence-electron chi connectivity index (χ4n) is 2.63. The highest BCUT2D eigenvalue weighted by Crippen LogP contribution is 2.41. The average molecular weight is 197 g/mol. The molecule has 2 aliphatic rings. The van der Waals surface area contributed by atoms with Gasteiger partial charge in [-0.15, -0.1) is 6.58 Å². The Morgan fingerprint density at radius 3 is 2.64 bits per heavy atom. The summed E-state index contributed by atoms with van der Waals surface area (Å²) in [4.78, 5) is 0.